The molecule has 1 aliphatic rings. The van der Waals surface area contributed by atoms with Crippen LogP contribution in [0.15, 0.2) is 53.4 Å². The summed E-state index contributed by atoms with van der Waals surface area (Å²) in [6, 6.07) is 13.5. The number of amides is 1. The molecule has 0 saturated carbocycles. The molecule has 0 unspecified atom stereocenters. The molecule has 144 valence electrons. The van der Waals surface area contributed by atoms with Gasteiger partial charge in [0.15, 0.2) is 0 Å². The zero-order valence-electron chi connectivity index (χ0n) is 15.6. The van der Waals surface area contributed by atoms with E-state index in [1.807, 2.05) is 24.3 Å². The quantitative estimate of drug-likeness (QED) is 0.798. The van der Waals surface area contributed by atoms with Gasteiger partial charge in [-0.2, -0.15) is 0 Å². The summed E-state index contributed by atoms with van der Waals surface area (Å²) in [7, 11) is -3.56. The summed E-state index contributed by atoms with van der Waals surface area (Å²) in [5, 5.41) is 2.84. The van der Waals surface area contributed by atoms with Crippen LogP contribution in [0.3, 0.4) is 0 Å². The molecule has 1 aliphatic heterocycles. The van der Waals surface area contributed by atoms with Crippen LogP contribution in [0, 0.1) is 0 Å². The first-order valence-electron chi connectivity index (χ1n) is 9.14. The van der Waals surface area contributed by atoms with E-state index >= 15 is 0 Å². The van der Waals surface area contributed by atoms with Gasteiger partial charge in [-0.3, -0.25) is 4.79 Å². The molecule has 27 heavy (non-hydrogen) atoms. The minimum Gasteiger partial charge on any atom is -0.372 e. The molecular weight excluding hydrogens is 362 g/mol. The van der Waals surface area contributed by atoms with Crippen LogP contribution in [-0.4, -0.2) is 33.5 Å². The van der Waals surface area contributed by atoms with Crippen LogP contribution in [0.5, 0.6) is 0 Å². The maximum Gasteiger partial charge on any atom is 0.255 e. The average molecular weight is 388 g/mol. The Labute approximate surface area is 160 Å². The minimum absolute atomic E-state index is 0.141. The summed E-state index contributed by atoms with van der Waals surface area (Å²) in [5.41, 5.74) is 2.28. The van der Waals surface area contributed by atoms with E-state index < -0.39 is 10.0 Å². The van der Waals surface area contributed by atoms with E-state index in [1.165, 1.54) is 37.1 Å². The largest absolute Gasteiger partial charge is 0.372 e. The fourth-order valence-corrected chi connectivity index (χ4v) is 4.35. The number of nitrogens with one attached hydrogen (secondary N) is 2. The summed E-state index contributed by atoms with van der Waals surface area (Å²) in [4.78, 5) is 14.9. The van der Waals surface area contributed by atoms with Crippen molar-refractivity contribution >= 4 is 27.3 Å². The van der Waals surface area contributed by atoms with E-state index in [0.717, 1.165) is 18.8 Å². The highest BCUT2D eigenvalue weighted by atomic mass is 32.2. The van der Waals surface area contributed by atoms with Gasteiger partial charge in [0.2, 0.25) is 10.0 Å². The van der Waals surface area contributed by atoms with Crippen molar-refractivity contribution in [2.75, 3.05) is 23.3 Å². The monoisotopic (exact) mass is 387 g/mol. The minimum atomic E-state index is -3.56. The lowest BCUT2D eigenvalue weighted by Crippen LogP contribution is -2.30. The van der Waals surface area contributed by atoms with Crippen molar-refractivity contribution in [1.29, 1.82) is 0 Å². The molecule has 1 amide bonds. The molecule has 2 N–H and O–H groups in total. The summed E-state index contributed by atoms with van der Waals surface area (Å²) in [6.45, 7) is 5.67. The third-order valence-electron chi connectivity index (χ3n) is 4.41. The Morgan fingerprint density at radius 2 is 1.56 bits per heavy atom. The molecule has 0 atom stereocenters. The molecule has 0 aliphatic carbocycles. The third kappa shape index (κ3) is 4.87. The maximum atomic E-state index is 12.4. The van der Waals surface area contributed by atoms with Gasteiger partial charge in [-0.25, -0.2) is 13.1 Å². The first-order valence-corrected chi connectivity index (χ1v) is 10.6. The number of hydrogen-bond acceptors (Lipinski definition) is 4. The molecule has 2 aromatic carbocycles. The van der Waals surface area contributed by atoms with Crippen molar-refractivity contribution in [2.45, 2.75) is 37.6 Å². The van der Waals surface area contributed by atoms with Crippen LogP contribution in [0.25, 0.3) is 0 Å². The molecule has 7 heteroatoms. The van der Waals surface area contributed by atoms with Crippen LogP contribution in [0.2, 0.25) is 0 Å². The van der Waals surface area contributed by atoms with Gasteiger partial charge in [0.05, 0.1) is 4.90 Å². The van der Waals surface area contributed by atoms with E-state index in [9.17, 15) is 13.2 Å². The zero-order chi connectivity index (χ0) is 19.4. The van der Waals surface area contributed by atoms with Crippen LogP contribution >= 0.6 is 0 Å². The molecule has 2 aromatic rings. The normalized spacial score (nSPS) is 14.6. The molecule has 6 nitrogen and oxygen atoms in total. The summed E-state index contributed by atoms with van der Waals surface area (Å²) < 4.78 is 26.8. The molecular formula is C20H25N3O3S. The van der Waals surface area contributed by atoms with E-state index in [1.54, 1.807) is 13.8 Å². The second-order valence-electron chi connectivity index (χ2n) is 7.00. The van der Waals surface area contributed by atoms with Crippen molar-refractivity contribution < 1.29 is 13.2 Å². The second kappa shape index (κ2) is 8.10. The van der Waals surface area contributed by atoms with Gasteiger partial charge < -0.3 is 10.2 Å². The summed E-state index contributed by atoms with van der Waals surface area (Å²) >= 11 is 0. The lowest BCUT2D eigenvalue weighted by Gasteiger charge is -2.17. The van der Waals surface area contributed by atoms with Crippen LogP contribution < -0.4 is 14.9 Å². The molecule has 0 radical (unpaired) electrons. The van der Waals surface area contributed by atoms with Gasteiger partial charge in [0, 0.05) is 36.1 Å². The molecule has 1 fully saturated rings. The van der Waals surface area contributed by atoms with Crippen LogP contribution in [0.1, 0.15) is 37.0 Å². The zero-order valence-corrected chi connectivity index (χ0v) is 16.4. The Morgan fingerprint density at radius 3 is 2.11 bits per heavy atom. The molecule has 3 rings (SSSR count). The highest BCUT2D eigenvalue weighted by Crippen LogP contribution is 2.22. The van der Waals surface area contributed by atoms with Gasteiger partial charge in [-0.05, 0) is 75.2 Å². The molecule has 1 saturated heterocycles. The second-order valence-corrected chi connectivity index (χ2v) is 8.71. The standard InChI is InChI=1S/C20H25N3O3S/c1-15(2)22-27(25,26)19-11-5-16(6-12-19)20(24)21-17-7-9-18(10-8-17)23-13-3-4-14-23/h5-12,15,22H,3-4,13-14H2,1-2H3,(H,21,24). The van der Waals surface area contributed by atoms with Crippen LogP contribution in [-0.2, 0) is 10.0 Å². The fraction of sp³-hybridized carbons (Fsp3) is 0.350. The highest BCUT2D eigenvalue weighted by Gasteiger charge is 2.16. The number of carbonyl (C=O) groups excluding carboxylic acids is 1. The highest BCUT2D eigenvalue weighted by molar-refractivity contribution is 7.89. The van der Waals surface area contributed by atoms with E-state index in [0.29, 0.717) is 11.3 Å². The van der Waals surface area contributed by atoms with Gasteiger partial charge in [0.25, 0.3) is 5.91 Å². The Hall–Kier alpha value is -2.38. The average Bonchev–Trinajstić information content (AvgIpc) is 3.16. The van der Waals surface area contributed by atoms with Crippen molar-refractivity contribution in [3.05, 3.63) is 54.1 Å². The van der Waals surface area contributed by atoms with Gasteiger partial charge in [0.1, 0.15) is 0 Å². The molecule has 0 aromatic heterocycles. The third-order valence-corrected chi connectivity index (χ3v) is 6.09. The number of carbonyl (C=O) groups is 1. The molecule has 0 spiro atoms. The predicted molar refractivity (Wildman–Crippen MR) is 108 cm³/mol. The van der Waals surface area contributed by atoms with Crippen molar-refractivity contribution in [2.24, 2.45) is 0 Å². The topological polar surface area (TPSA) is 78.5 Å². The van der Waals surface area contributed by atoms with E-state index in [4.69, 9.17) is 0 Å². The SMILES string of the molecule is CC(C)NS(=O)(=O)c1ccc(C(=O)Nc2ccc(N3CCCC3)cc2)cc1. The van der Waals surface area contributed by atoms with Crippen LogP contribution in [0.4, 0.5) is 11.4 Å². The van der Waals surface area contributed by atoms with Gasteiger partial charge >= 0.3 is 0 Å². The number of rotatable bonds is 6. The Bertz CT molecular complexity index is 885. The first-order chi connectivity index (χ1) is 12.8. The van der Waals surface area contributed by atoms with E-state index in [2.05, 4.69) is 14.9 Å². The lowest BCUT2D eigenvalue weighted by atomic mass is 10.2. The summed E-state index contributed by atoms with van der Waals surface area (Å²) in [6.07, 6.45) is 2.44. The van der Waals surface area contributed by atoms with Gasteiger partial charge in [-0.15, -0.1) is 0 Å². The molecule has 0 bridgehead atoms. The van der Waals surface area contributed by atoms with Crippen molar-refractivity contribution in [3.8, 4) is 0 Å². The number of sulfonamides is 1. The predicted octanol–water partition coefficient (Wildman–Crippen LogP) is 3.23. The Balaban J connectivity index is 1.65. The van der Waals surface area contributed by atoms with E-state index in [-0.39, 0.29) is 16.8 Å². The number of hydrogen-bond donors (Lipinski definition) is 2. The number of anilines is 2. The number of benzene rings is 2. The van der Waals surface area contributed by atoms with Gasteiger partial charge in [-0.1, -0.05) is 0 Å². The maximum absolute atomic E-state index is 12.4. The Morgan fingerprint density at radius 1 is 0.963 bits per heavy atom. The van der Waals surface area contributed by atoms with Crippen molar-refractivity contribution in [3.63, 3.8) is 0 Å². The molecule has 1 heterocycles. The lowest BCUT2D eigenvalue weighted by molar-refractivity contribution is 0.102. The Kier molecular flexibility index (Phi) is 5.82. The summed E-state index contributed by atoms with van der Waals surface area (Å²) in [5.74, 6) is -0.273. The smallest absolute Gasteiger partial charge is 0.255 e. The number of nitrogens with zero attached hydrogens (tertiary/aromatic N) is 1. The first kappa shape index (κ1) is 19.4. The fourth-order valence-electron chi connectivity index (χ4n) is 3.10. The van der Waals surface area contributed by atoms with Crippen molar-refractivity contribution in [1.82, 2.24) is 4.72 Å².